The highest BCUT2D eigenvalue weighted by atomic mass is 127. The summed E-state index contributed by atoms with van der Waals surface area (Å²) in [4.78, 5) is 10.2. The molecule has 0 aliphatic heterocycles. The van der Waals surface area contributed by atoms with Crippen molar-refractivity contribution >= 4 is 44.0 Å². The second-order valence-corrected chi connectivity index (χ2v) is 6.87. The fourth-order valence-electron chi connectivity index (χ4n) is 1.44. The molecule has 0 saturated carbocycles. The van der Waals surface area contributed by atoms with Crippen LogP contribution in [0.4, 0.5) is 15.8 Å². The normalized spacial score (nSPS) is 11.3. The van der Waals surface area contributed by atoms with E-state index in [1.807, 2.05) is 0 Å². The fourth-order valence-corrected chi connectivity index (χ4v) is 2.85. The zero-order chi connectivity index (χ0) is 15.3. The maximum Gasteiger partial charge on any atom is 0.293 e. The summed E-state index contributed by atoms with van der Waals surface area (Å²) in [7, 11) is -3.43. The van der Waals surface area contributed by atoms with Crippen LogP contribution in [0.3, 0.4) is 0 Å². The molecular weight excluding hydrogens is 404 g/mol. The number of hydrogen-bond acceptors (Lipinski definition) is 5. The molecule has 0 fully saturated rings. The largest absolute Gasteiger partial charge is 0.378 e. The van der Waals surface area contributed by atoms with Gasteiger partial charge < -0.3 is 5.32 Å². The van der Waals surface area contributed by atoms with Gasteiger partial charge in [0.05, 0.1) is 14.2 Å². The van der Waals surface area contributed by atoms with Gasteiger partial charge in [0.2, 0.25) is 10.0 Å². The molecule has 0 radical (unpaired) electrons. The van der Waals surface area contributed by atoms with Crippen molar-refractivity contribution in [1.29, 1.82) is 0 Å². The van der Waals surface area contributed by atoms with Gasteiger partial charge in [-0.25, -0.2) is 17.5 Å². The number of rotatable bonds is 7. The fraction of sp³-hybridized carbons (Fsp3) is 0.400. The molecule has 0 heterocycles. The Hall–Kier alpha value is -1.01. The number of nitro benzene ring substituents is 1. The van der Waals surface area contributed by atoms with E-state index in [1.165, 1.54) is 0 Å². The molecule has 112 valence electrons. The molecule has 0 aromatic heterocycles. The second kappa shape index (κ2) is 7.13. The first-order valence-electron chi connectivity index (χ1n) is 5.61. The zero-order valence-electron chi connectivity index (χ0n) is 10.5. The van der Waals surface area contributed by atoms with Crippen molar-refractivity contribution in [3.63, 3.8) is 0 Å². The Bertz CT molecular complexity index is 609. The van der Waals surface area contributed by atoms with E-state index in [-0.39, 0.29) is 33.8 Å². The van der Waals surface area contributed by atoms with Crippen molar-refractivity contribution in [3.8, 4) is 0 Å². The first-order valence-corrected chi connectivity index (χ1v) is 8.34. The van der Waals surface area contributed by atoms with Crippen molar-refractivity contribution in [2.75, 3.05) is 24.2 Å². The zero-order valence-corrected chi connectivity index (χ0v) is 13.5. The molecule has 0 amide bonds. The quantitative estimate of drug-likeness (QED) is 0.400. The first-order chi connectivity index (χ1) is 9.26. The van der Waals surface area contributed by atoms with Gasteiger partial charge in [0.1, 0.15) is 11.5 Å². The summed E-state index contributed by atoms with van der Waals surface area (Å²) in [5.41, 5.74) is -0.337. The lowest BCUT2D eigenvalue weighted by atomic mass is 10.2. The number of sulfonamides is 1. The van der Waals surface area contributed by atoms with E-state index in [2.05, 4.69) is 10.0 Å². The van der Waals surface area contributed by atoms with Crippen LogP contribution in [0.1, 0.15) is 6.92 Å². The predicted octanol–water partition coefficient (Wildman–Crippen LogP) is 1.69. The van der Waals surface area contributed by atoms with Gasteiger partial charge in [-0.3, -0.25) is 10.1 Å². The van der Waals surface area contributed by atoms with Crippen LogP contribution in [-0.2, 0) is 10.0 Å². The van der Waals surface area contributed by atoms with E-state index < -0.39 is 20.8 Å². The average molecular weight is 417 g/mol. The highest BCUT2D eigenvalue weighted by Gasteiger charge is 2.18. The summed E-state index contributed by atoms with van der Waals surface area (Å²) in [6, 6.07) is 2.08. The van der Waals surface area contributed by atoms with Crippen LogP contribution in [0, 0.1) is 19.5 Å². The average Bonchev–Trinajstić information content (AvgIpc) is 2.32. The lowest BCUT2D eigenvalue weighted by molar-refractivity contribution is -0.384. The number of halogens is 2. The second-order valence-electron chi connectivity index (χ2n) is 3.78. The third kappa shape index (κ3) is 4.83. The minimum atomic E-state index is -3.43. The third-order valence-electron chi connectivity index (χ3n) is 2.29. The molecule has 0 bridgehead atoms. The van der Waals surface area contributed by atoms with Crippen LogP contribution in [0.5, 0.6) is 0 Å². The van der Waals surface area contributed by atoms with Gasteiger partial charge in [0, 0.05) is 25.2 Å². The molecule has 0 aliphatic rings. The van der Waals surface area contributed by atoms with Gasteiger partial charge in [0.25, 0.3) is 5.69 Å². The van der Waals surface area contributed by atoms with E-state index >= 15 is 0 Å². The van der Waals surface area contributed by atoms with Crippen molar-refractivity contribution < 1.29 is 17.7 Å². The number of nitrogens with one attached hydrogen (secondary N) is 2. The van der Waals surface area contributed by atoms with Crippen LogP contribution < -0.4 is 10.0 Å². The van der Waals surface area contributed by atoms with Crippen LogP contribution >= 0.6 is 22.6 Å². The molecule has 7 nitrogen and oxygen atoms in total. The highest BCUT2D eigenvalue weighted by Crippen LogP contribution is 2.28. The molecule has 2 N–H and O–H groups in total. The number of nitro groups is 1. The maximum atomic E-state index is 13.4. The molecule has 0 saturated heterocycles. The summed E-state index contributed by atoms with van der Waals surface area (Å²) in [5, 5.41) is 13.4. The molecule has 0 spiro atoms. The Kier molecular flexibility index (Phi) is 6.07. The summed E-state index contributed by atoms with van der Waals surface area (Å²) in [6.07, 6.45) is 0. The van der Waals surface area contributed by atoms with Gasteiger partial charge in [-0.15, -0.1) is 0 Å². The Morgan fingerprint density at radius 2 is 2.10 bits per heavy atom. The Labute approximate surface area is 129 Å². The monoisotopic (exact) mass is 417 g/mol. The molecule has 1 aromatic rings. The Morgan fingerprint density at radius 1 is 1.45 bits per heavy atom. The number of nitrogens with zero attached hydrogens (tertiary/aromatic N) is 1. The van der Waals surface area contributed by atoms with E-state index in [9.17, 15) is 22.9 Å². The molecular formula is C10H13FIN3O4S. The van der Waals surface area contributed by atoms with Crippen molar-refractivity contribution in [2.24, 2.45) is 0 Å². The molecule has 1 aromatic carbocycles. The first kappa shape index (κ1) is 17.0. The van der Waals surface area contributed by atoms with Crippen molar-refractivity contribution in [2.45, 2.75) is 6.92 Å². The van der Waals surface area contributed by atoms with Crippen LogP contribution in [0.15, 0.2) is 12.1 Å². The molecule has 1 rings (SSSR count). The van der Waals surface area contributed by atoms with Crippen LogP contribution in [-0.4, -0.2) is 32.2 Å². The van der Waals surface area contributed by atoms with E-state index in [0.29, 0.717) is 0 Å². The van der Waals surface area contributed by atoms with Gasteiger partial charge in [-0.05, 0) is 22.6 Å². The van der Waals surface area contributed by atoms with E-state index in [4.69, 9.17) is 0 Å². The molecule has 0 unspecified atom stereocenters. The SMILES string of the molecule is CCNS(=O)(=O)CCNc1cc(F)c(I)cc1[N+](=O)[O-]. The standard InChI is InChI=1S/C10H13FIN3O4S/c1-2-14-20(18,19)4-3-13-9-5-7(11)8(12)6-10(9)15(16)17/h5-6,13-14H,2-4H2,1H3. The Morgan fingerprint density at radius 3 is 2.65 bits per heavy atom. The minimum Gasteiger partial charge on any atom is -0.378 e. The minimum absolute atomic E-state index is 0.0420. The lowest BCUT2D eigenvalue weighted by Crippen LogP contribution is -2.29. The summed E-state index contributed by atoms with van der Waals surface area (Å²) < 4.78 is 38.6. The van der Waals surface area contributed by atoms with E-state index in [1.54, 1.807) is 29.5 Å². The van der Waals surface area contributed by atoms with Crippen LogP contribution in [0.25, 0.3) is 0 Å². The van der Waals surface area contributed by atoms with Crippen molar-refractivity contribution in [3.05, 3.63) is 31.6 Å². The predicted molar refractivity (Wildman–Crippen MR) is 81.7 cm³/mol. The number of anilines is 1. The van der Waals surface area contributed by atoms with Gasteiger partial charge in [-0.1, -0.05) is 6.92 Å². The van der Waals surface area contributed by atoms with Crippen molar-refractivity contribution in [1.82, 2.24) is 4.72 Å². The maximum absolute atomic E-state index is 13.4. The molecule has 10 heteroatoms. The summed E-state index contributed by atoms with van der Waals surface area (Å²) in [5.74, 6) is -0.862. The molecule has 0 aliphatic carbocycles. The van der Waals surface area contributed by atoms with Gasteiger partial charge >= 0.3 is 0 Å². The summed E-state index contributed by atoms with van der Waals surface area (Å²) >= 11 is 1.65. The lowest BCUT2D eigenvalue weighted by Gasteiger charge is -2.09. The topological polar surface area (TPSA) is 101 Å². The highest BCUT2D eigenvalue weighted by molar-refractivity contribution is 14.1. The number of benzene rings is 1. The molecule has 0 atom stereocenters. The third-order valence-corrected chi connectivity index (χ3v) is 4.58. The van der Waals surface area contributed by atoms with Crippen LogP contribution in [0.2, 0.25) is 0 Å². The molecule has 20 heavy (non-hydrogen) atoms. The van der Waals surface area contributed by atoms with E-state index in [0.717, 1.165) is 12.1 Å². The van der Waals surface area contributed by atoms with Gasteiger partial charge in [-0.2, -0.15) is 0 Å². The number of hydrogen-bond donors (Lipinski definition) is 2. The summed E-state index contributed by atoms with van der Waals surface area (Å²) in [6.45, 7) is 1.85. The Balaban J connectivity index is 2.83. The van der Waals surface area contributed by atoms with Gasteiger partial charge in [0.15, 0.2) is 0 Å². The smallest absolute Gasteiger partial charge is 0.293 e.